The lowest BCUT2D eigenvalue weighted by molar-refractivity contribution is 0.600. The van der Waals surface area contributed by atoms with Gasteiger partial charge < -0.3 is 4.98 Å². The van der Waals surface area contributed by atoms with Gasteiger partial charge in [0, 0.05) is 12.3 Å². The minimum atomic E-state index is -3.65. The predicted molar refractivity (Wildman–Crippen MR) is 73.8 cm³/mol. The summed E-state index contributed by atoms with van der Waals surface area (Å²) in [5.41, 5.74) is 1.57. The minimum Gasteiger partial charge on any atom is -0.327 e. The first-order valence-corrected chi connectivity index (χ1v) is 7.15. The van der Waals surface area contributed by atoms with Gasteiger partial charge in [-0.1, -0.05) is 12.1 Å². The highest BCUT2D eigenvalue weighted by atomic mass is 32.2. The average molecular weight is 278 g/mol. The number of aromatic amines is 1. The van der Waals surface area contributed by atoms with Crippen LogP contribution in [0.3, 0.4) is 0 Å². The molecule has 1 aromatic carbocycles. The number of sulfonamides is 1. The molecule has 5 nitrogen and oxygen atoms in total. The first kappa shape index (κ1) is 13.4. The van der Waals surface area contributed by atoms with E-state index >= 15 is 0 Å². The van der Waals surface area contributed by atoms with Crippen LogP contribution in [-0.4, -0.2) is 13.4 Å². The van der Waals surface area contributed by atoms with E-state index in [1.807, 2.05) is 13.0 Å². The maximum atomic E-state index is 12.3. The van der Waals surface area contributed by atoms with Crippen LogP contribution in [0.15, 0.2) is 46.2 Å². The number of hydrogen-bond acceptors (Lipinski definition) is 3. The van der Waals surface area contributed by atoms with Gasteiger partial charge >= 0.3 is 0 Å². The highest BCUT2D eigenvalue weighted by Gasteiger charge is 2.16. The smallest absolute Gasteiger partial charge is 0.262 e. The van der Waals surface area contributed by atoms with Gasteiger partial charge in [0.2, 0.25) is 5.56 Å². The minimum absolute atomic E-state index is 0.235. The zero-order chi connectivity index (χ0) is 14.0. The van der Waals surface area contributed by atoms with Crippen molar-refractivity contribution in [3.8, 4) is 0 Å². The highest BCUT2D eigenvalue weighted by Crippen LogP contribution is 2.19. The average Bonchev–Trinajstić information content (AvgIpc) is 2.35. The SMILES string of the molecule is Cc1ccc(C)c(S(=O)(=O)Nc2ccc(=O)[nH]c2)c1. The van der Waals surface area contributed by atoms with E-state index in [0.29, 0.717) is 11.3 Å². The number of aryl methyl sites for hydroxylation is 2. The molecule has 0 fully saturated rings. The van der Waals surface area contributed by atoms with Crippen molar-refractivity contribution in [2.75, 3.05) is 4.72 Å². The number of H-pyrrole nitrogens is 1. The topological polar surface area (TPSA) is 79.0 Å². The van der Waals surface area contributed by atoms with Crippen LogP contribution in [0.2, 0.25) is 0 Å². The molecule has 1 aromatic heterocycles. The molecular formula is C13H14N2O3S. The lowest BCUT2D eigenvalue weighted by Crippen LogP contribution is -2.15. The monoisotopic (exact) mass is 278 g/mol. The molecule has 0 atom stereocenters. The summed E-state index contributed by atoms with van der Waals surface area (Å²) in [5.74, 6) is 0. The Morgan fingerprint density at radius 2 is 1.84 bits per heavy atom. The fourth-order valence-corrected chi connectivity index (χ4v) is 3.06. The van der Waals surface area contributed by atoms with Gasteiger partial charge in [0.1, 0.15) is 0 Å². The molecule has 6 heteroatoms. The van der Waals surface area contributed by atoms with Crippen LogP contribution >= 0.6 is 0 Å². The lowest BCUT2D eigenvalue weighted by Gasteiger charge is -2.10. The second kappa shape index (κ2) is 4.89. The van der Waals surface area contributed by atoms with Crippen molar-refractivity contribution in [2.45, 2.75) is 18.7 Å². The Hall–Kier alpha value is -2.08. The summed E-state index contributed by atoms with van der Waals surface area (Å²) in [7, 11) is -3.65. The van der Waals surface area contributed by atoms with E-state index in [2.05, 4.69) is 9.71 Å². The molecular weight excluding hydrogens is 264 g/mol. The zero-order valence-electron chi connectivity index (χ0n) is 10.6. The third kappa shape index (κ3) is 3.03. The summed E-state index contributed by atoms with van der Waals surface area (Å²) in [4.78, 5) is 13.6. The molecule has 1 heterocycles. The third-order valence-electron chi connectivity index (χ3n) is 2.67. The van der Waals surface area contributed by atoms with E-state index in [-0.39, 0.29) is 10.5 Å². The van der Waals surface area contributed by atoms with Crippen LogP contribution in [0.1, 0.15) is 11.1 Å². The summed E-state index contributed by atoms with van der Waals surface area (Å²) < 4.78 is 26.9. The van der Waals surface area contributed by atoms with Gasteiger partial charge in [-0.25, -0.2) is 8.42 Å². The predicted octanol–water partition coefficient (Wildman–Crippen LogP) is 1.79. The maximum absolute atomic E-state index is 12.3. The van der Waals surface area contributed by atoms with Gasteiger partial charge in [0.05, 0.1) is 10.6 Å². The fraction of sp³-hybridized carbons (Fsp3) is 0.154. The van der Waals surface area contributed by atoms with Crippen LogP contribution in [0.5, 0.6) is 0 Å². The molecule has 0 saturated heterocycles. The molecule has 2 aromatic rings. The molecule has 2 N–H and O–H groups in total. The normalized spacial score (nSPS) is 11.3. The molecule has 0 aliphatic heterocycles. The molecule has 0 amide bonds. The molecule has 100 valence electrons. The van der Waals surface area contributed by atoms with Crippen LogP contribution in [0, 0.1) is 13.8 Å². The van der Waals surface area contributed by atoms with Crippen LogP contribution in [0.4, 0.5) is 5.69 Å². The molecule has 0 spiro atoms. The summed E-state index contributed by atoms with van der Waals surface area (Å²) in [6, 6.07) is 7.91. The maximum Gasteiger partial charge on any atom is 0.262 e. The van der Waals surface area contributed by atoms with Crippen molar-refractivity contribution in [2.24, 2.45) is 0 Å². The van der Waals surface area contributed by atoms with Crippen molar-refractivity contribution < 1.29 is 8.42 Å². The third-order valence-corrected chi connectivity index (χ3v) is 4.19. The number of hydrogen-bond donors (Lipinski definition) is 2. The van der Waals surface area contributed by atoms with Gasteiger partial charge in [-0.3, -0.25) is 9.52 Å². The van der Waals surface area contributed by atoms with E-state index in [1.54, 1.807) is 19.1 Å². The first-order chi connectivity index (χ1) is 8.88. The van der Waals surface area contributed by atoms with E-state index in [9.17, 15) is 13.2 Å². The Balaban J connectivity index is 2.40. The van der Waals surface area contributed by atoms with Crippen molar-refractivity contribution in [1.82, 2.24) is 4.98 Å². The molecule has 0 saturated carbocycles. The largest absolute Gasteiger partial charge is 0.327 e. The van der Waals surface area contributed by atoms with Gasteiger partial charge in [0.25, 0.3) is 10.0 Å². The summed E-state index contributed by atoms with van der Waals surface area (Å²) >= 11 is 0. The number of anilines is 1. The summed E-state index contributed by atoms with van der Waals surface area (Å²) in [5, 5.41) is 0. The van der Waals surface area contributed by atoms with Crippen LogP contribution < -0.4 is 10.3 Å². The molecule has 19 heavy (non-hydrogen) atoms. The number of benzene rings is 1. The molecule has 2 rings (SSSR count). The molecule has 0 aliphatic rings. The number of rotatable bonds is 3. The Kier molecular flexibility index (Phi) is 3.44. The Morgan fingerprint density at radius 1 is 1.11 bits per heavy atom. The van der Waals surface area contributed by atoms with Crippen molar-refractivity contribution in [3.05, 3.63) is 58.0 Å². The van der Waals surface area contributed by atoms with Crippen molar-refractivity contribution >= 4 is 15.7 Å². The van der Waals surface area contributed by atoms with Gasteiger partial charge in [-0.15, -0.1) is 0 Å². The fourth-order valence-electron chi connectivity index (χ4n) is 1.68. The Bertz CT molecular complexity index is 743. The van der Waals surface area contributed by atoms with Gasteiger partial charge in [-0.2, -0.15) is 0 Å². The van der Waals surface area contributed by atoms with Gasteiger partial charge in [-0.05, 0) is 37.1 Å². The quantitative estimate of drug-likeness (QED) is 0.898. The van der Waals surface area contributed by atoms with Gasteiger partial charge in [0.15, 0.2) is 0 Å². The van der Waals surface area contributed by atoms with E-state index < -0.39 is 10.0 Å². The highest BCUT2D eigenvalue weighted by molar-refractivity contribution is 7.92. The lowest BCUT2D eigenvalue weighted by atomic mass is 10.2. The Morgan fingerprint density at radius 3 is 2.47 bits per heavy atom. The standard InChI is InChI=1S/C13H14N2O3S/c1-9-3-4-10(2)12(7-9)19(17,18)15-11-5-6-13(16)14-8-11/h3-8,15H,1-2H3,(H,14,16). The second-order valence-corrected chi connectivity index (χ2v) is 5.97. The molecule has 0 bridgehead atoms. The van der Waals surface area contributed by atoms with E-state index in [1.165, 1.54) is 18.3 Å². The summed E-state index contributed by atoms with van der Waals surface area (Å²) in [6.45, 7) is 3.57. The molecule has 0 aliphatic carbocycles. The van der Waals surface area contributed by atoms with E-state index in [0.717, 1.165) is 5.56 Å². The zero-order valence-corrected chi connectivity index (χ0v) is 11.4. The Labute approximate surface area is 111 Å². The number of aromatic nitrogens is 1. The van der Waals surface area contributed by atoms with Crippen LogP contribution in [-0.2, 0) is 10.0 Å². The van der Waals surface area contributed by atoms with Crippen LogP contribution in [0.25, 0.3) is 0 Å². The molecule has 0 radical (unpaired) electrons. The second-order valence-electron chi connectivity index (χ2n) is 4.32. The summed E-state index contributed by atoms with van der Waals surface area (Å²) in [6.07, 6.45) is 1.32. The van der Waals surface area contributed by atoms with E-state index in [4.69, 9.17) is 0 Å². The van der Waals surface area contributed by atoms with Crippen molar-refractivity contribution in [1.29, 1.82) is 0 Å². The first-order valence-electron chi connectivity index (χ1n) is 5.67. The number of pyridine rings is 1. The number of nitrogens with one attached hydrogen (secondary N) is 2. The van der Waals surface area contributed by atoms with Crippen molar-refractivity contribution in [3.63, 3.8) is 0 Å². The molecule has 0 unspecified atom stereocenters.